The zero-order chi connectivity index (χ0) is 8.97. The van der Waals surface area contributed by atoms with Crippen molar-refractivity contribution in [2.45, 2.75) is 26.7 Å². The van der Waals surface area contributed by atoms with Crippen molar-refractivity contribution in [2.75, 3.05) is 0 Å². The molecule has 0 radical (unpaired) electrons. The van der Waals surface area contributed by atoms with E-state index in [0.717, 1.165) is 29.9 Å². The van der Waals surface area contributed by atoms with E-state index in [2.05, 4.69) is 23.5 Å². The van der Waals surface area contributed by atoms with E-state index in [9.17, 15) is 0 Å². The molecule has 0 bridgehead atoms. The Morgan fingerprint density at radius 1 is 1.58 bits per heavy atom. The second kappa shape index (κ2) is 4.00. The summed E-state index contributed by atoms with van der Waals surface area (Å²) in [6.07, 6.45) is 5.68. The number of hydrogen-bond acceptors (Lipinski definition) is 2. The summed E-state index contributed by atoms with van der Waals surface area (Å²) < 4.78 is 0. The first-order chi connectivity index (χ1) is 5.77. The van der Waals surface area contributed by atoms with Gasteiger partial charge in [0.05, 0.1) is 17.1 Å². The Hall–Kier alpha value is -1.18. The average Bonchev–Trinajstić information content (AvgIpc) is 2.05. The maximum atomic E-state index is 4.40. The number of hydrogen-bond donors (Lipinski definition) is 0. The highest BCUT2D eigenvalue weighted by Gasteiger charge is 1.98. The lowest BCUT2D eigenvalue weighted by molar-refractivity contribution is 0.858. The molecule has 0 aliphatic carbocycles. The van der Waals surface area contributed by atoms with Crippen molar-refractivity contribution < 1.29 is 0 Å². The van der Waals surface area contributed by atoms with Crippen LogP contribution in [0.2, 0.25) is 0 Å². The van der Waals surface area contributed by atoms with Crippen LogP contribution < -0.4 is 0 Å². The van der Waals surface area contributed by atoms with Gasteiger partial charge in [-0.05, 0) is 19.4 Å². The first-order valence-electron chi connectivity index (χ1n) is 4.23. The Bertz CT molecular complexity index is 279. The maximum absolute atomic E-state index is 4.40. The summed E-state index contributed by atoms with van der Waals surface area (Å²) in [6.45, 7) is 7.76. The second-order valence-electron chi connectivity index (χ2n) is 2.79. The molecule has 0 aromatic carbocycles. The maximum Gasteiger partial charge on any atom is 0.0836 e. The van der Waals surface area contributed by atoms with Gasteiger partial charge in [0.15, 0.2) is 0 Å². The van der Waals surface area contributed by atoms with E-state index in [4.69, 9.17) is 0 Å². The highest BCUT2D eigenvalue weighted by atomic mass is 14.8. The van der Waals surface area contributed by atoms with Gasteiger partial charge in [0.1, 0.15) is 0 Å². The van der Waals surface area contributed by atoms with Crippen LogP contribution in [-0.4, -0.2) is 9.97 Å². The molecule has 64 valence electrons. The summed E-state index contributed by atoms with van der Waals surface area (Å²) in [7, 11) is 0. The molecule has 0 amide bonds. The summed E-state index contributed by atoms with van der Waals surface area (Å²) in [5, 5.41) is 0. The minimum Gasteiger partial charge on any atom is -0.254 e. The number of aryl methyl sites for hydroxylation is 2. The molecular formula is C10H14N2. The van der Waals surface area contributed by atoms with Crippen LogP contribution in [0.25, 0.3) is 6.08 Å². The quantitative estimate of drug-likeness (QED) is 0.682. The van der Waals surface area contributed by atoms with Crippen LogP contribution in [-0.2, 0) is 6.42 Å². The first kappa shape index (κ1) is 8.91. The van der Waals surface area contributed by atoms with Crippen LogP contribution in [0.1, 0.15) is 30.4 Å². The Labute approximate surface area is 73.4 Å². The highest BCUT2D eigenvalue weighted by molar-refractivity contribution is 5.43. The van der Waals surface area contributed by atoms with Crippen LogP contribution in [0.4, 0.5) is 0 Å². The van der Waals surface area contributed by atoms with E-state index in [1.807, 2.05) is 13.1 Å². The third-order valence-electron chi connectivity index (χ3n) is 1.73. The van der Waals surface area contributed by atoms with E-state index >= 15 is 0 Å². The lowest BCUT2D eigenvalue weighted by Gasteiger charge is -2.01. The molecule has 0 saturated carbocycles. The number of nitrogens with zero attached hydrogens (tertiary/aromatic N) is 2. The zero-order valence-electron chi connectivity index (χ0n) is 7.67. The van der Waals surface area contributed by atoms with Crippen molar-refractivity contribution in [3.63, 3.8) is 0 Å². The Balaban J connectivity index is 2.93. The van der Waals surface area contributed by atoms with Crippen molar-refractivity contribution in [3.8, 4) is 0 Å². The zero-order valence-corrected chi connectivity index (χ0v) is 7.67. The minimum absolute atomic E-state index is 0.884. The predicted octanol–water partition coefficient (Wildman–Crippen LogP) is 2.38. The molecule has 1 rings (SSSR count). The van der Waals surface area contributed by atoms with E-state index in [1.165, 1.54) is 0 Å². The van der Waals surface area contributed by atoms with Gasteiger partial charge in [-0.1, -0.05) is 19.9 Å². The molecule has 0 fully saturated rings. The molecule has 1 heterocycles. The molecule has 0 atom stereocenters. The van der Waals surface area contributed by atoms with E-state index in [0.29, 0.717) is 0 Å². The molecule has 0 spiro atoms. The van der Waals surface area contributed by atoms with Crippen LogP contribution >= 0.6 is 0 Å². The average molecular weight is 162 g/mol. The number of rotatable bonds is 3. The molecule has 12 heavy (non-hydrogen) atoms. The summed E-state index contributed by atoms with van der Waals surface area (Å²) in [4.78, 5) is 8.63. The van der Waals surface area contributed by atoms with Gasteiger partial charge in [-0.3, -0.25) is 9.97 Å². The normalized spacial score (nSPS) is 9.83. The van der Waals surface area contributed by atoms with Gasteiger partial charge in [0, 0.05) is 6.20 Å². The second-order valence-corrected chi connectivity index (χ2v) is 2.79. The van der Waals surface area contributed by atoms with Crippen LogP contribution in [0.3, 0.4) is 0 Å². The minimum atomic E-state index is 0.884. The molecule has 0 aliphatic rings. The molecule has 1 aromatic rings. The fourth-order valence-electron chi connectivity index (χ4n) is 1.12. The Morgan fingerprint density at radius 2 is 2.33 bits per heavy atom. The van der Waals surface area contributed by atoms with Crippen molar-refractivity contribution in [2.24, 2.45) is 0 Å². The van der Waals surface area contributed by atoms with Gasteiger partial charge in [-0.25, -0.2) is 0 Å². The Morgan fingerprint density at radius 3 is 2.83 bits per heavy atom. The largest absolute Gasteiger partial charge is 0.254 e. The van der Waals surface area contributed by atoms with Crippen molar-refractivity contribution >= 4 is 6.08 Å². The smallest absolute Gasteiger partial charge is 0.0836 e. The van der Waals surface area contributed by atoms with Gasteiger partial charge < -0.3 is 0 Å². The SMILES string of the molecule is C=Cc1ncc(CCC)nc1C. The summed E-state index contributed by atoms with van der Waals surface area (Å²) >= 11 is 0. The van der Waals surface area contributed by atoms with Crippen LogP contribution in [0.5, 0.6) is 0 Å². The van der Waals surface area contributed by atoms with Gasteiger partial charge >= 0.3 is 0 Å². The third-order valence-corrected chi connectivity index (χ3v) is 1.73. The molecule has 0 aliphatic heterocycles. The first-order valence-corrected chi connectivity index (χ1v) is 4.23. The summed E-state index contributed by atoms with van der Waals surface area (Å²) in [5.74, 6) is 0. The van der Waals surface area contributed by atoms with E-state index < -0.39 is 0 Å². The predicted molar refractivity (Wildman–Crippen MR) is 50.9 cm³/mol. The highest BCUT2D eigenvalue weighted by Crippen LogP contribution is 2.05. The van der Waals surface area contributed by atoms with Gasteiger partial charge in [0.2, 0.25) is 0 Å². The van der Waals surface area contributed by atoms with Crippen molar-refractivity contribution in [3.05, 3.63) is 29.9 Å². The topological polar surface area (TPSA) is 25.8 Å². The molecule has 2 heteroatoms. The summed E-state index contributed by atoms with van der Waals surface area (Å²) in [6, 6.07) is 0. The fourth-order valence-corrected chi connectivity index (χ4v) is 1.12. The third kappa shape index (κ3) is 1.91. The molecule has 0 N–H and O–H groups in total. The van der Waals surface area contributed by atoms with Gasteiger partial charge in [0.25, 0.3) is 0 Å². The lowest BCUT2D eigenvalue weighted by Crippen LogP contribution is -1.96. The molecule has 0 saturated heterocycles. The summed E-state index contributed by atoms with van der Waals surface area (Å²) in [5.41, 5.74) is 2.92. The lowest BCUT2D eigenvalue weighted by atomic mass is 10.2. The molecule has 0 unspecified atom stereocenters. The van der Waals surface area contributed by atoms with E-state index in [-0.39, 0.29) is 0 Å². The molecule has 1 aromatic heterocycles. The van der Waals surface area contributed by atoms with Crippen LogP contribution in [0.15, 0.2) is 12.8 Å². The molecule has 2 nitrogen and oxygen atoms in total. The monoisotopic (exact) mass is 162 g/mol. The molecular weight excluding hydrogens is 148 g/mol. The van der Waals surface area contributed by atoms with E-state index in [1.54, 1.807) is 6.08 Å². The van der Waals surface area contributed by atoms with Crippen molar-refractivity contribution in [1.29, 1.82) is 0 Å². The van der Waals surface area contributed by atoms with Gasteiger partial charge in [-0.15, -0.1) is 0 Å². The standard InChI is InChI=1S/C10H14N2/c1-4-6-9-7-11-10(5-2)8(3)12-9/h5,7H,2,4,6H2,1,3H3. The van der Waals surface area contributed by atoms with Crippen LogP contribution in [0, 0.1) is 6.92 Å². The fraction of sp³-hybridized carbons (Fsp3) is 0.400. The Kier molecular flexibility index (Phi) is 2.97. The van der Waals surface area contributed by atoms with Gasteiger partial charge in [-0.2, -0.15) is 0 Å². The van der Waals surface area contributed by atoms with Crippen molar-refractivity contribution in [1.82, 2.24) is 9.97 Å². The number of aromatic nitrogens is 2.